The molecule has 2 saturated carbocycles. The summed E-state index contributed by atoms with van der Waals surface area (Å²) in [5.74, 6) is -3.59. The average molecular weight is 693 g/mol. The molecule has 2 aliphatic carbocycles. The highest BCUT2D eigenvalue weighted by atomic mass is 19.3. The second-order valence-electron chi connectivity index (χ2n) is 12.6. The van der Waals surface area contributed by atoms with Crippen LogP contribution in [0.2, 0.25) is 0 Å². The number of nitrogens with one attached hydrogen (secondary N) is 2. The molecule has 0 aliphatic heterocycles. The zero-order chi connectivity index (χ0) is 35.5. The van der Waals surface area contributed by atoms with E-state index in [1.54, 1.807) is 39.1 Å². The summed E-state index contributed by atoms with van der Waals surface area (Å²) < 4.78 is 81.4. The molecule has 0 spiro atoms. The van der Waals surface area contributed by atoms with Crippen molar-refractivity contribution in [3.8, 4) is 11.9 Å². The Bertz CT molecular complexity index is 1750. The molecule has 264 valence electrons. The van der Waals surface area contributed by atoms with Gasteiger partial charge in [-0.2, -0.15) is 20.2 Å². The fraction of sp³-hybridized carbons (Fsp3) is 0.531. The summed E-state index contributed by atoms with van der Waals surface area (Å²) in [5, 5.41) is 14.3. The van der Waals surface area contributed by atoms with Crippen LogP contribution in [0.5, 0.6) is 0 Å². The third-order valence-electron chi connectivity index (χ3n) is 8.42. The third-order valence-corrected chi connectivity index (χ3v) is 8.42. The Balaban J connectivity index is 0.000000191. The summed E-state index contributed by atoms with van der Waals surface area (Å²) in [6, 6.07) is 3.34. The molecule has 49 heavy (non-hydrogen) atoms. The van der Waals surface area contributed by atoms with Crippen LogP contribution in [0.15, 0.2) is 24.5 Å². The summed E-state index contributed by atoms with van der Waals surface area (Å²) in [6.45, 7) is 6.89. The maximum Gasteiger partial charge on any atom is 0.282 e. The summed E-state index contributed by atoms with van der Waals surface area (Å²) in [6.07, 6.45) is 2.12. The van der Waals surface area contributed by atoms with Gasteiger partial charge in [0.25, 0.3) is 18.3 Å². The number of nitrogens with zero attached hydrogens (tertiary/aromatic N) is 8. The van der Waals surface area contributed by atoms with E-state index in [2.05, 4.69) is 40.8 Å². The quantitative estimate of drug-likeness (QED) is 0.145. The molecule has 4 aromatic rings. The fourth-order valence-corrected chi connectivity index (χ4v) is 5.73. The van der Waals surface area contributed by atoms with Gasteiger partial charge in [-0.25, -0.2) is 45.7 Å². The van der Waals surface area contributed by atoms with E-state index in [0.717, 1.165) is 11.3 Å². The van der Waals surface area contributed by atoms with Gasteiger partial charge < -0.3 is 10.6 Å². The van der Waals surface area contributed by atoms with Crippen LogP contribution in [-0.4, -0.2) is 69.7 Å². The zero-order valence-corrected chi connectivity index (χ0v) is 27.5. The van der Waals surface area contributed by atoms with E-state index in [1.165, 1.54) is 15.6 Å². The molecule has 0 aromatic carbocycles. The second kappa shape index (κ2) is 14.5. The van der Waals surface area contributed by atoms with Crippen LogP contribution >= 0.6 is 0 Å². The van der Waals surface area contributed by atoms with Crippen molar-refractivity contribution in [2.45, 2.75) is 109 Å². The zero-order valence-electron chi connectivity index (χ0n) is 27.5. The molecule has 2 aliphatic rings. The van der Waals surface area contributed by atoms with E-state index < -0.39 is 18.3 Å². The minimum Gasteiger partial charge on any atom is -0.367 e. The Morgan fingerprint density at radius 3 is 1.53 bits per heavy atom. The minimum atomic E-state index is -2.67. The molecule has 2 N–H and O–H groups in total. The average Bonchev–Trinajstić information content (AvgIpc) is 3.61. The molecule has 0 saturated heterocycles. The largest absolute Gasteiger partial charge is 0.367 e. The van der Waals surface area contributed by atoms with Crippen molar-refractivity contribution >= 4 is 17.9 Å². The lowest BCUT2D eigenvalue weighted by Crippen LogP contribution is -2.32. The Morgan fingerprint density at radius 1 is 0.714 bits per heavy atom. The number of anilines is 2. The molecule has 0 atom stereocenters. The highest BCUT2D eigenvalue weighted by Crippen LogP contribution is 2.35. The summed E-state index contributed by atoms with van der Waals surface area (Å²) >= 11 is 0. The Hall–Kier alpha value is -4.57. The van der Waals surface area contributed by atoms with Crippen LogP contribution in [0.25, 0.3) is 11.9 Å². The number of carbonyl (C=O) groups excluding carboxylic acids is 1. The van der Waals surface area contributed by atoms with Crippen LogP contribution in [-0.2, 0) is 0 Å². The van der Waals surface area contributed by atoms with Gasteiger partial charge in [-0.15, -0.1) is 0 Å². The van der Waals surface area contributed by atoms with Gasteiger partial charge in [0.1, 0.15) is 23.0 Å². The van der Waals surface area contributed by atoms with Crippen LogP contribution in [0.4, 0.5) is 38.0 Å². The lowest BCUT2D eigenvalue weighted by molar-refractivity contribution is -0.0366. The highest BCUT2D eigenvalue weighted by Gasteiger charge is 2.36. The van der Waals surface area contributed by atoms with Gasteiger partial charge in [-0.05, 0) is 64.5 Å². The number of alkyl halides is 6. The number of halogens is 6. The van der Waals surface area contributed by atoms with Crippen LogP contribution < -0.4 is 10.6 Å². The standard InChI is InChI=1S/C16H19F4N5.C16H19F2N5O/c1-9-8-25(24-13(9)14(17)18)15-21-10(2)7-12(23-15)22-11-3-5-16(19,20)6-4-11;1-10-8-23(22-13(10)9-24)15-19-11(2)7-14(21-15)20-12-3-5-16(17,18)6-4-12/h7-8,11,14H,3-6H2,1-2H3,(H,21,22,23);7-9,12H,3-6H2,1-2H3,(H,19,20,21). The highest BCUT2D eigenvalue weighted by molar-refractivity contribution is 5.73. The molecule has 6 rings (SSSR count). The molecular formula is C32H38F6N10O. The molecule has 0 unspecified atom stereocenters. The maximum atomic E-state index is 13.2. The van der Waals surface area contributed by atoms with Crippen molar-refractivity contribution in [1.29, 1.82) is 0 Å². The van der Waals surface area contributed by atoms with E-state index in [-0.39, 0.29) is 49.4 Å². The van der Waals surface area contributed by atoms with Crippen molar-refractivity contribution in [3.63, 3.8) is 0 Å². The first-order valence-electron chi connectivity index (χ1n) is 16.0. The number of rotatable bonds is 8. The predicted octanol–water partition coefficient (Wildman–Crippen LogP) is 7.29. The number of hydrogen-bond donors (Lipinski definition) is 2. The summed E-state index contributed by atoms with van der Waals surface area (Å²) in [5.41, 5.74) is 2.46. The Kier molecular flexibility index (Phi) is 10.6. The third kappa shape index (κ3) is 9.32. The van der Waals surface area contributed by atoms with Crippen LogP contribution in [0, 0.1) is 27.7 Å². The molecule has 0 bridgehead atoms. The monoisotopic (exact) mass is 692 g/mol. The smallest absolute Gasteiger partial charge is 0.282 e. The van der Waals surface area contributed by atoms with Gasteiger partial charge in [-0.1, -0.05) is 0 Å². The lowest BCUT2D eigenvalue weighted by atomic mass is 9.92. The fourth-order valence-electron chi connectivity index (χ4n) is 5.73. The van der Waals surface area contributed by atoms with Gasteiger partial charge in [0.05, 0.1) is 0 Å². The molecule has 11 nitrogen and oxygen atoms in total. The van der Waals surface area contributed by atoms with Crippen molar-refractivity contribution in [2.24, 2.45) is 0 Å². The van der Waals surface area contributed by atoms with E-state index in [0.29, 0.717) is 66.5 Å². The number of aromatic nitrogens is 8. The van der Waals surface area contributed by atoms with Gasteiger partial charge >= 0.3 is 0 Å². The van der Waals surface area contributed by atoms with E-state index in [1.807, 2.05) is 6.92 Å². The second-order valence-corrected chi connectivity index (χ2v) is 12.6. The molecule has 17 heteroatoms. The van der Waals surface area contributed by atoms with E-state index in [9.17, 15) is 31.1 Å². The first-order valence-corrected chi connectivity index (χ1v) is 16.0. The maximum absolute atomic E-state index is 13.2. The van der Waals surface area contributed by atoms with Crippen molar-refractivity contribution in [2.75, 3.05) is 10.6 Å². The van der Waals surface area contributed by atoms with E-state index >= 15 is 0 Å². The van der Waals surface area contributed by atoms with Crippen molar-refractivity contribution in [1.82, 2.24) is 39.5 Å². The van der Waals surface area contributed by atoms with Gasteiger partial charge in [-0.3, -0.25) is 4.79 Å². The topological polar surface area (TPSA) is 128 Å². The number of carbonyl (C=O) groups is 1. The van der Waals surface area contributed by atoms with Crippen LogP contribution in [0.3, 0.4) is 0 Å². The summed E-state index contributed by atoms with van der Waals surface area (Å²) in [4.78, 5) is 28.2. The SMILES string of the molecule is Cc1cc(NC2CCC(F)(F)CC2)nc(-n2cc(C)c(C(F)F)n2)n1.Cc1cc(NC2CCC(F)(F)CC2)nc(-n2cc(C)c(C=O)n2)n1. The minimum absolute atomic E-state index is 0.0309. The van der Waals surface area contributed by atoms with Crippen LogP contribution in [0.1, 0.15) is 96.5 Å². The van der Waals surface area contributed by atoms with Gasteiger partial charge in [0, 0.05) is 73.7 Å². The van der Waals surface area contributed by atoms with Gasteiger partial charge in [0.15, 0.2) is 6.29 Å². The molecular weight excluding hydrogens is 654 g/mol. The lowest BCUT2D eigenvalue weighted by Gasteiger charge is -2.29. The molecule has 4 heterocycles. The van der Waals surface area contributed by atoms with Crippen molar-refractivity contribution in [3.05, 3.63) is 58.4 Å². The van der Waals surface area contributed by atoms with E-state index in [4.69, 9.17) is 0 Å². The number of hydrogen-bond acceptors (Lipinski definition) is 9. The Labute approximate surface area is 279 Å². The predicted molar refractivity (Wildman–Crippen MR) is 169 cm³/mol. The number of aldehydes is 1. The van der Waals surface area contributed by atoms with Crippen molar-refractivity contribution < 1.29 is 31.1 Å². The first kappa shape index (κ1) is 35.7. The first-order chi connectivity index (χ1) is 23.1. The molecule has 2 fully saturated rings. The summed E-state index contributed by atoms with van der Waals surface area (Å²) in [7, 11) is 0. The molecule has 0 amide bonds. The Morgan fingerprint density at radius 2 is 1.14 bits per heavy atom. The van der Waals surface area contributed by atoms with Gasteiger partial charge in [0.2, 0.25) is 11.8 Å². The number of aryl methyl sites for hydroxylation is 4. The normalized spacial score (nSPS) is 17.8. The molecule has 0 radical (unpaired) electrons. The molecule has 4 aromatic heterocycles.